The maximum atomic E-state index is 11.7. The molecule has 15 heavy (non-hydrogen) atoms. The van der Waals surface area contributed by atoms with Crippen molar-refractivity contribution in [2.75, 3.05) is 40.3 Å². The Bertz CT molecular complexity index is 198. The molecule has 0 aromatic heterocycles. The number of hydrogen-bond acceptors (Lipinski definition) is 3. The second kappa shape index (κ2) is 6.08. The van der Waals surface area contributed by atoms with E-state index in [0.717, 1.165) is 44.8 Å². The van der Waals surface area contributed by atoms with Gasteiger partial charge in [0, 0.05) is 13.1 Å². The van der Waals surface area contributed by atoms with Crippen LogP contribution in [0, 0.1) is 5.92 Å². The molecule has 0 atom stereocenters. The van der Waals surface area contributed by atoms with Crippen molar-refractivity contribution in [3.63, 3.8) is 0 Å². The van der Waals surface area contributed by atoms with Gasteiger partial charge >= 0.3 is 0 Å². The molecule has 1 amide bonds. The van der Waals surface area contributed by atoms with Gasteiger partial charge in [-0.2, -0.15) is 0 Å². The second-order valence-corrected chi connectivity index (χ2v) is 4.64. The van der Waals surface area contributed by atoms with Gasteiger partial charge in [0.2, 0.25) is 5.91 Å². The third-order valence-corrected chi connectivity index (χ3v) is 2.99. The number of amides is 1. The van der Waals surface area contributed by atoms with E-state index in [-0.39, 0.29) is 5.91 Å². The summed E-state index contributed by atoms with van der Waals surface area (Å²) in [5.41, 5.74) is 5.53. The van der Waals surface area contributed by atoms with Gasteiger partial charge in [-0.05, 0) is 45.8 Å². The van der Waals surface area contributed by atoms with Gasteiger partial charge in [-0.1, -0.05) is 0 Å². The first-order valence-electron chi connectivity index (χ1n) is 5.76. The standard InChI is InChI=1S/C11H23N3O/c1-13(2)9-11(15)14-7-4-10(3-6-12)5-8-14/h10H,3-9,12H2,1-2H3. The molecule has 0 unspecified atom stereocenters. The number of nitrogens with two attached hydrogens (primary N) is 1. The molecule has 0 saturated carbocycles. The average Bonchev–Trinajstić information content (AvgIpc) is 2.18. The highest BCUT2D eigenvalue weighted by Gasteiger charge is 2.22. The Hall–Kier alpha value is -0.610. The Morgan fingerprint density at radius 3 is 2.47 bits per heavy atom. The first kappa shape index (κ1) is 12.5. The minimum atomic E-state index is 0.256. The maximum absolute atomic E-state index is 11.7. The van der Waals surface area contributed by atoms with Gasteiger partial charge < -0.3 is 15.5 Å². The summed E-state index contributed by atoms with van der Waals surface area (Å²) in [6, 6.07) is 0. The van der Waals surface area contributed by atoms with Crippen molar-refractivity contribution in [2.24, 2.45) is 11.7 Å². The summed E-state index contributed by atoms with van der Waals surface area (Å²) in [6.07, 6.45) is 3.35. The molecule has 2 N–H and O–H groups in total. The van der Waals surface area contributed by atoms with Crippen LogP contribution < -0.4 is 5.73 Å². The second-order valence-electron chi connectivity index (χ2n) is 4.64. The summed E-state index contributed by atoms with van der Waals surface area (Å²) in [4.78, 5) is 15.6. The summed E-state index contributed by atoms with van der Waals surface area (Å²) < 4.78 is 0. The highest BCUT2D eigenvalue weighted by molar-refractivity contribution is 5.78. The van der Waals surface area contributed by atoms with Crippen molar-refractivity contribution in [1.29, 1.82) is 0 Å². The Labute approximate surface area is 92.4 Å². The number of likely N-dealkylation sites (tertiary alicyclic amines) is 1. The lowest BCUT2D eigenvalue weighted by molar-refractivity contribution is -0.133. The normalized spacial score (nSPS) is 18.5. The predicted octanol–water partition coefficient (Wildman–Crippen LogP) is 0.135. The molecular formula is C11H23N3O. The molecule has 4 nitrogen and oxygen atoms in total. The predicted molar refractivity (Wildman–Crippen MR) is 61.5 cm³/mol. The van der Waals surface area contributed by atoms with E-state index in [1.807, 2.05) is 23.9 Å². The van der Waals surface area contributed by atoms with Crippen molar-refractivity contribution in [3.05, 3.63) is 0 Å². The van der Waals surface area contributed by atoms with Gasteiger partial charge in [-0.15, -0.1) is 0 Å². The van der Waals surface area contributed by atoms with Crippen molar-refractivity contribution in [2.45, 2.75) is 19.3 Å². The maximum Gasteiger partial charge on any atom is 0.236 e. The van der Waals surface area contributed by atoms with Crippen molar-refractivity contribution >= 4 is 5.91 Å². The van der Waals surface area contributed by atoms with Gasteiger partial charge in [0.05, 0.1) is 6.54 Å². The molecule has 0 radical (unpaired) electrons. The lowest BCUT2D eigenvalue weighted by Gasteiger charge is -2.32. The largest absolute Gasteiger partial charge is 0.342 e. The lowest BCUT2D eigenvalue weighted by Crippen LogP contribution is -2.42. The van der Waals surface area contributed by atoms with Crippen LogP contribution in [0.15, 0.2) is 0 Å². The van der Waals surface area contributed by atoms with Crippen molar-refractivity contribution in [3.8, 4) is 0 Å². The summed E-state index contributed by atoms with van der Waals surface area (Å²) in [7, 11) is 3.86. The highest BCUT2D eigenvalue weighted by Crippen LogP contribution is 2.19. The van der Waals surface area contributed by atoms with E-state index < -0.39 is 0 Å². The van der Waals surface area contributed by atoms with E-state index in [0.29, 0.717) is 6.54 Å². The smallest absolute Gasteiger partial charge is 0.236 e. The quantitative estimate of drug-likeness (QED) is 0.722. The lowest BCUT2D eigenvalue weighted by atomic mass is 9.93. The minimum absolute atomic E-state index is 0.256. The van der Waals surface area contributed by atoms with E-state index in [1.165, 1.54) is 0 Å². The van der Waals surface area contributed by atoms with Gasteiger partial charge in [0.1, 0.15) is 0 Å². The van der Waals surface area contributed by atoms with Crippen LogP contribution >= 0.6 is 0 Å². The molecule has 0 aromatic carbocycles. The number of piperidine rings is 1. The zero-order valence-electron chi connectivity index (χ0n) is 9.91. The fraction of sp³-hybridized carbons (Fsp3) is 0.909. The third kappa shape index (κ3) is 4.18. The number of likely N-dealkylation sites (N-methyl/N-ethyl adjacent to an activating group) is 1. The molecule has 0 aliphatic carbocycles. The Balaban J connectivity index is 2.27. The van der Waals surface area contributed by atoms with E-state index in [1.54, 1.807) is 0 Å². The fourth-order valence-electron chi connectivity index (χ4n) is 2.08. The van der Waals surface area contributed by atoms with Gasteiger partial charge in [0.25, 0.3) is 0 Å². The molecule has 1 rings (SSSR count). The molecular weight excluding hydrogens is 190 g/mol. The van der Waals surface area contributed by atoms with Crippen LogP contribution in [0.3, 0.4) is 0 Å². The fourth-order valence-corrected chi connectivity index (χ4v) is 2.08. The van der Waals surface area contributed by atoms with Crippen LogP contribution in [0.25, 0.3) is 0 Å². The monoisotopic (exact) mass is 213 g/mol. The summed E-state index contributed by atoms with van der Waals surface area (Å²) in [5.74, 6) is 0.990. The van der Waals surface area contributed by atoms with Crippen molar-refractivity contribution < 1.29 is 4.79 Å². The number of carbonyl (C=O) groups excluding carboxylic acids is 1. The Morgan fingerprint density at radius 1 is 1.40 bits per heavy atom. The summed E-state index contributed by atoms with van der Waals surface area (Å²) in [5, 5.41) is 0. The first-order chi connectivity index (χ1) is 7.13. The summed E-state index contributed by atoms with van der Waals surface area (Å²) >= 11 is 0. The molecule has 1 saturated heterocycles. The molecule has 0 bridgehead atoms. The van der Waals surface area contributed by atoms with Crippen LogP contribution in [0.1, 0.15) is 19.3 Å². The molecule has 0 aromatic rings. The van der Waals surface area contributed by atoms with Gasteiger partial charge in [-0.25, -0.2) is 0 Å². The number of hydrogen-bond donors (Lipinski definition) is 1. The SMILES string of the molecule is CN(C)CC(=O)N1CCC(CCN)CC1. The van der Waals surface area contributed by atoms with Crippen molar-refractivity contribution in [1.82, 2.24) is 9.80 Å². The Kier molecular flexibility index (Phi) is 5.05. The Morgan fingerprint density at radius 2 is 2.00 bits per heavy atom. The third-order valence-electron chi connectivity index (χ3n) is 2.99. The van der Waals surface area contributed by atoms with Gasteiger partial charge in [-0.3, -0.25) is 4.79 Å². The van der Waals surface area contributed by atoms with E-state index in [2.05, 4.69) is 0 Å². The molecule has 0 spiro atoms. The van der Waals surface area contributed by atoms with Crippen LogP contribution in [0.4, 0.5) is 0 Å². The highest BCUT2D eigenvalue weighted by atomic mass is 16.2. The molecule has 1 fully saturated rings. The van der Waals surface area contributed by atoms with E-state index in [4.69, 9.17) is 5.73 Å². The molecule has 4 heteroatoms. The molecule has 1 heterocycles. The number of carbonyl (C=O) groups is 1. The zero-order chi connectivity index (χ0) is 11.3. The van der Waals surface area contributed by atoms with Crippen LogP contribution in [0.5, 0.6) is 0 Å². The number of rotatable bonds is 4. The topological polar surface area (TPSA) is 49.6 Å². The van der Waals surface area contributed by atoms with Crippen LogP contribution in [-0.2, 0) is 4.79 Å². The first-order valence-corrected chi connectivity index (χ1v) is 5.76. The minimum Gasteiger partial charge on any atom is -0.342 e. The molecule has 1 aliphatic heterocycles. The van der Waals surface area contributed by atoms with E-state index >= 15 is 0 Å². The molecule has 1 aliphatic rings. The zero-order valence-corrected chi connectivity index (χ0v) is 9.91. The average molecular weight is 213 g/mol. The summed E-state index contributed by atoms with van der Waals surface area (Å²) in [6.45, 7) is 3.13. The molecule has 88 valence electrons. The van der Waals surface area contributed by atoms with Crippen LogP contribution in [0.2, 0.25) is 0 Å². The van der Waals surface area contributed by atoms with Crippen LogP contribution in [-0.4, -0.2) is 56.0 Å². The van der Waals surface area contributed by atoms with E-state index in [9.17, 15) is 4.79 Å². The number of nitrogens with zero attached hydrogens (tertiary/aromatic N) is 2. The van der Waals surface area contributed by atoms with Gasteiger partial charge in [0.15, 0.2) is 0 Å².